The molecule has 0 amide bonds. The van der Waals surface area contributed by atoms with Crippen molar-refractivity contribution in [3.8, 4) is 0 Å². The normalized spacial score (nSPS) is 12.6. The van der Waals surface area contributed by atoms with E-state index in [1.807, 2.05) is 35.2 Å². The highest BCUT2D eigenvalue weighted by molar-refractivity contribution is 7.51. The Morgan fingerprint density at radius 3 is 2.06 bits per heavy atom. The molecular weight excluding hydrogens is 648 g/mol. The summed E-state index contributed by atoms with van der Waals surface area (Å²) in [5.74, 6) is 0.321. The number of halogens is 1. The van der Waals surface area contributed by atoms with Crippen LogP contribution < -0.4 is 10.5 Å². The Balaban J connectivity index is 1.41. The first-order chi connectivity index (χ1) is 23.8. The summed E-state index contributed by atoms with van der Waals surface area (Å²) in [4.78, 5) is 44.8. The van der Waals surface area contributed by atoms with E-state index >= 15 is 0 Å². The van der Waals surface area contributed by atoms with Gasteiger partial charge in [0.25, 0.3) is 5.56 Å². The quantitative estimate of drug-likeness (QED) is 0.0485. The Bertz CT molecular complexity index is 1400. The van der Waals surface area contributed by atoms with Gasteiger partial charge in [0, 0.05) is 19.7 Å². The number of unbranched alkanes of at least 4 members (excludes halogenated alkanes) is 15. The van der Waals surface area contributed by atoms with E-state index in [1.165, 1.54) is 101 Å². The van der Waals surface area contributed by atoms with Gasteiger partial charge in [0.2, 0.25) is 5.95 Å². The average Bonchev–Trinajstić information content (AvgIpc) is 3.50. The van der Waals surface area contributed by atoms with E-state index in [-0.39, 0.29) is 17.7 Å². The highest BCUT2D eigenvalue weighted by atomic mass is 31.2. The van der Waals surface area contributed by atoms with E-state index in [1.54, 1.807) is 0 Å². The van der Waals surface area contributed by atoms with Crippen LogP contribution in [0.2, 0.25) is 0 Å². The van der Waals surface area contributed by atoms with Crippen molar-refractivity contribution in [2.24, 2.45) is 0 Å². The first-order valence-corrected chi connectivity index (χ1v) is 20.1. The number of fused-ring (bicyclic) bond motifs is 1. The minimum Gasteiger partial charge on any atom is -0.380 e. The molecule has 2 heterocycles. The standard InChI is InChI=1S/C36H59FN5O6P/c1-2-3-4-5-6-7-8-9-10-11-12-13-14-15-16-20-24-47-25-23-41(27-31-21-18-17-19-22-31)36-39-34-33(35(43)40-36)38-29-42(34)28-32(26-37)48-30-49(44,45)46/h17-19,21-22,29,32H,2-16,20,23-28,30H2,1H3,(H,39,40,43)(H2,44,45,46)/t32-/m1/s1. The van der Waals surface area contributed by atoms with Crippen molar-refractivity contribution in [3.63, 3.8) is 0 Å². The fourth-order valence-corrected chi connectivity index (χ4v) is 6.29. The molecule has 2 aromatic heterocycles. The zero-order valence-electron chi connectivity index (χ0n) is 29.4. The Kier molecular flexibility index (Phi) is 19.7. The minimum absolute atomic E-state index is 0.0794. The number of nitrogens with zero attached hydrogens (tertiary/aromatic N) is 4. The largest absolute Gasteiger partial charge is 0.380 e. The summed E-state index contributed by atoms with van der Waals surface area (Å²) in [5.41, 5.74) is 0.888. The van der Waals surface area contributed by atoms with Gasteiger partial charge < -0.3 is 28.7 Å². The van der Waals surface area contributed by atoms with Crippen LogP contribution in [0.25, 0.3) is 11.2 Å². The molecule has 1 aromatic carbocycles. The number of nitrogens with one attached hydrogen (secondary N) is 1. The predicted octanol–water partition coefficient (Wildman–Crippen LogP) is 7.89. The lowest BCUT2D eigenvalue weighted by Crippen LogP contribution is -2.31. The summed E-state index contributed by atoms with van der Waals surface area (Å²) >= 11 is 0. The van der Waals surface area contributed by atoms with Crippen LogP contribution in [-0.2, 0) is 27.1 Å². The van der Waals surface area contributed by atoms with Gasteiger partial charge in [-0.1, -0.05) is 134 Å². The topological polar surface area (TPSA) is 143 Å². The van der Waals surface area contributed by atoms with Crippen LogP contribution in [0.1, 0.15) is 115 Å². The number of benzene rings is 1. The molecule has 0 spiro atoms. The van der Waals surface area contributed by atoms with Crippen molar-refractivity contribution in [3.05, 3.63) is 52.6 Å². The molecule has 0 aliphatic carbocycles. The summed E-state index contributed by atoms with van der Waals surface area (Å²) in [7, 11) is -4.47. The molecule has 11 nitrogen and oxygen atoms in total. The summed E-state index contributed by atoms with van der Waals surface area (Å²) in [5, 5.41) is 0. The molecule has 1 atom stereocenters. The Labute approximate surface area is 291 Å². The second kappa shape index (κ2) is 23.7. The molecule has 0 aliphatic rings. The SMILES string of the molecule is CCCCCCCCCCCCCCCCCCOCCN(Cc1ccccc1)c1nc2c(ncn2C[C@@H](CF)OCP(=O)(O)O)c(=O)[nH]1. The number of rotatable bonds is 29. The Hall–Kier alpha value is -2.63. The summed E-state index contributed by atoms with van der Waals surface area (Å²) in [6.45, 7) is 3.25. The highest BCUT2D eigenvalue weighted by Gasteiger charge is 2.21. The molecule has 0 radical (unpaired) electrons. The van der Waals surface area contributed by atoms with Crippen molar-refractivity contribution in [1.29, 1.82) is 0 Å². The van der Waals surface area contributed by atoms with Crippen LogP contribution in [-0.4, -0.2) is 68.2 Å². The zero-order chi connectivity index (χ0) is 35.2. The number of aromatic nitrogens is 4. The van der Waals surface area contributed by atoms with Gasteiger partial charge in [-0.25, -0.2) is 9.37 Å². The summed E-state index contributed by atoms with van der Waals surface area (Å²) < 4.78 is 37.4. The molecule has 0 unspecified atom stereocenters. The third-order valence-electron chi connectivity index (χ3n) is 8.68. The number of hydrogen-bond acceptors (Lipinski definition) is 7. The molecule has 0 aliphatic heterocycles. The third-order valence-corrected chi connectivity index (χ3v) is 9.16. The minimum atomic E-state index is -4.47. The number of anilines is 1. The van der Waals surface area contributed by atoms with Gasteiger partial charge in [-0.2, -0.15) is 4.98 Å². The van der Waals surface area contributed by atoms with Gasteiger partial charge in [-0.3, -0.25) is 14.3 Å². The molecule has 49 heavy (non-hydrogen) atoms. The van der Waals surface area contributed by atoms with Crippen LogP contribution in [0.5, 0.6) is 0 Å². The third kappa shape index (κ3) is 16.8. The van der Waals surface area contributed by atoms with Crippen LogP contribution >= 0.6 is 7.60 Å². The molecule has 276 valence electrons. The first kappa shape index (κ1) is 40.8. The van der Waals surface area contributed by atoms with Gasteiger partial charge in [0.05, 0.1) is 19.5 Å². The zero-order valence-corrected chi connectivity index (χ0v) is 30.3. The van der Waals surface area contributed by atoms with E-state index in [2.05, 4.69) is 21.9 Å². The van der Waals surface area contributed by atoms with Crippen molar-refractivity contribution in [2.45, 2.75) is 129 Å². The molecular formula is C36H59FN5O6P. The summed E-state index contributed by atoms with van der Waals surface area (Å²) in [6.07, 6.45) is 20.5. The van der Waals surface area contributed by atoms with Crippen molar-refractivity contribution in [2.75, 3.05) is 37.7 Å². The van der Waals surface area contributed by atoms with Gasteiger partial charge in [-0.15, -0.1) is 0 Å². The molecule has 0 saturated carbocycles. The number of H-pyrrole nitrogens is 1. The molecule has 13 heteroatoms. The van der Waals surface area contributed by atoms with Crippen molar-refractivity contribution < 1.29 is 28.2 Å². The predicted molar refractivity (Wildman–Crippen MR) is 194 cm³/mol. The van der Waals surface area contributed by atoms with E-state index in [9.17, 15) is 13.8 Å². The molecule has 0 saturated heterocycles. The molecule has 3 N–H and O–H groups in total. The lowest BCUT2D eigenvalue weighted by atomic mass is 10.0. The van der Waals surface area contributed by atoms with Gasteiger partial charge in [0.1, 0.15) is 19.1 Å². The smallest absolute Gasteiger partial charge is 0.350 e. The Morgan fingerprint density at radius 1 is 0.898 bits per heavy atom. The second-order valence-electron chi connectivity index (χ2n) is 13.0. The number of ether oxygens (including phenoxy) is 2. The summed E-state index contributed by atoms with van der Waals surface area (Å²) in [6, 6.07) is 9.83. The van der Waals surface area contributed by atoms with Gasteiger partial charge in [-0.05, 0) is 12.0 Å². The lowest BCUT2D eigenvalue weighted by molar-refractivity contribution is 0.0445. The monoisotopic (exact) mass is 707 g/mol. The molecule has 3 aromatic rings. The van der Waals surface area contributed by atoms with Crippen LogP contribution in [0.4, 0.5) is 10.3 Å². The number of alkyl halides is 1. The van der Waals surface area contributed by atoms with Crippen LogP contribution in [0, 0.1) is 0 Å². The maximum Gasteiger partial charge on any atom is 0.350 e. The lowest BCUT2D eigenvalue weighted by Gasteiger charge is -2.23. The highest BCUT2D eigenvalue weighted by Crippen LogP contribution is 2.34. The van der Waals surface area contributed by atoms with Gasteiger partial charge in [0.15, 0.2) is 11.2 Å². The number of imidazole rings is 1. The molecule has 3 rings (SSSR count). The van der Waals surface area contributed by atoms with E-state index in [0.29, 0.717) is 32.3 Å². The van der Waals surface area contributed by atoms with E-state index in [0.717, 1.165) is 18.4 Å². The van der Waals surface area contributed by atoms with Crippen LogP contribution in [0.3, 0.4) is 0 Å². The fraction of sp³-hybridized carbons (Fsp3) is 0.694. The molecule has 0 bridgehead atoms. The molecule has 0 fully saturated rings. The second-order valence-corrected chi connectivity index (χ2v) is 14.6. The van der Waals surface area contributed by atoms with Crippen LogP contribution in [0.15, 0.2) is 41.5 Å². The van der Waals surface area contributed by atoms with Crippen molar-refractivity contribution in [1.82, 2.24) is 19.5 Å². The maximum absolute atomic E-state index is 13.6. The maximum atomic E-state index is 13.6. The van der Waals surface area contributed by atoms with Crippen molar-refractivity contribution >= 4 is 24.7 Å². The first-order valence-electron chi connectivity index (χ1n) is 18.3. The van der Waals surface area contributed by atoms with E-state index in [4.69, 9.17) is 19.3 Å². The van der Waals surface area contributed by atoms with Gasteiger partial charge >= 0.3 is 7.60 Å². The number of aromatic amines is 1. The van der Waals surface area contributed by atoms with E-state index < -0.39 is 32.3 Å². The number of hydrogen-bond donors (Lipinski definition) is 3. The average molecular weight is 708 g/mol. The Morgan fingerprint density at radius 2 is 1.49 bits per heavy atom. The fourth-order valence-electron chi connectivity index (χ4n) is 5.89.